The van der Waals surface area contributed by atoms with Gasteiger partial charge < -0.3 is 15.1 Å². The van der Waals surface area contributed by atoms with Crippen molar-refractivity contribution in [2.45, 2.75) is 24.2 Å². The van der Waals surface area contributed by atoms with Gasteiger partial charge in [0.2, 0.25) is 15.9 Å². The zero-order valence-electron chi connectivity index (χ0n) is 21.6. The number of carbonyl (C=O) groups is 2. The summed E-state index contributed by atoms with van der Waals surface area (Å²) in [5.41, 5.74) is 3.18. The topological polar surface area (TPSA) is 98.8 Å². The number of nitrogens with one attached hydrogen (secondary N) is 2. The van der Waals surface area contributed by atoms with Crippen LogP contribution in [0.25, 0.3) is 0 Å². The van der Waals surface area contributed by atoms with Crippen LogP contribution in [0.1, 0.15) is 27.9 Å². The minimum Gasteiger partial charge on any atom is -0.336 e. The maximum absolute atomic E-state index is 12.7. The molecule has 3 aromatic rings. The number of aryl methyl sites for hydroxylation is 1. The fourth-order valence-electron chi connectivity index (χ4n) is 4.26. The van der Waals surface area contributed by atoms with Gasteiger partial charge in [-0.1, -0.05) is 42.5 Å². The summed E-state index contributed by atoms with van der Waals surface area (Å²) in [5.74, 6) is -0.143. The van der Waals surface area contributed by atoms with Gasteiger partial charge in [-0.25, -0.2) is 13.1 Å². The van der Waals surface area contributed by atoms with Crippen LogP contribution in [0.2, 0.25) is 0 Å². The fourth-order valence-corrected chi connectivity index (χ4v) is 5.29. The third kappa shape index (κ3) is 7.74. The molecule has 2 amide bonds. The van der Waals surface area contributed by atoms with E-state index in [0.29, 0.717) is 43.7 Å². The number of anilines is 1. The van der Waals surface area contributed by atoms with Crippen LogP contribution in [-0.4, -0.2) is 69.8 Å². The second-order valence-corrected chi connectivity index (χ2v) is 11.3. The number of carbonyl (C=O) groups excluding carboxylic acids is 2. The Balaban J connectivity index is 1.22. The largest absolute Gasteiger partial charge is 0.336 e. The van der Waals surface area contributed by atoms with Crippen molar-refractivity contribution in [3.05, 3.63) is 95.6 Å². The van der Waals surface area contributed by atoms with Gasteiger partial charge in [0.1, 0.15) is 0 Å². The van der Waals surface area contributed by atoms with Crippen molar-refractivity contribution in [2.75, 3.05) is 45.1 Å². The molecule has 0 bridgehead atoms. The molecule has 1 aliphatic rings. The van der Waals surface area contributed by atoms with Crippen LogP contribution in [0.3, 0.4) is 0 Å². The van der Waals surface area contributed by atoms with Gasteiger partial charge in [0, 0.05) is 50.4 Å². The molecule has 4 rings (SSSR count). The van der Waals surface area contributed by atoms with E-state index in [9.17, 15) is 18.0 Å². The number of hydrogen-bond acceptors (Lipinski definition) is 5. The van der Waals surface area contributed by atoms with Gasteiger partial charge >= 0.3 is 0 Å². The predicted octanol–water partition coefficient (Wildman–Crippen LogP) is 3.17. The lowest BCUT2D eigenvalue weighted by Crippen LogP contribution is -2.47. The Bertz CT molecular complexity index is 1320. The van der Waals surface area contributed by atoms with Crippen LogP contribution in [0.4, 0.5) is 5.69 Å². The SMILES string of the molecule is CN1CCN(C(=O)c2ccc(NC(=O)CCc3ccc(S(=O)(=O)NCCc4ccccc4)cc3)cc2)CC1. The van der Waals surface area contributed by atoms with E-state index in [1.165, 1.54) is 0 Å². The zero-order chi connectivity index (χ0) is 27.0. The molecule has 0 saturated carbocycles. The highest BCUT2D eigenvalue weighted by molar-refractivity contribution is 7.89. The molecule has 1 heterocycles. The van der Waals surface area contributed by atoms with Crippen LogP contribution in [0, 0.1) is 0 Å². The lowest BCUT2D eigenvalue weighted by Gasteiger charge is -2.32. The summed E-state index contributed by atoms with van der Waals surface area (Å²) in [4.78, 5) is 29.4. The van der Waals surface area contributed by atoms with E-state index in [1.807, 2.05) is 42.3 Å². The minimum atomic E-state index is -3.60. The Morgan fingerprint density at radius 2 is 1.42 bits per heavy atom. The summed E-state index contributed by atoms with van der Waals surface area (Å²) in [6.07, 6.45) is 1.35. The molecule has 1 fully saturated rings. The second-order valence-electron chi connectivity index (χ2n) is 9.50. The first kappa shape index (κ1) is 27.5. The first-order valence-corrected chi connectivity index (χ1v) is 14.3. The van der Waals surface area contributed by atoms with Crippen molar-refractivity contribution in [2.24, 2.45) is 0 Å². The van der Waals surface area contributed by atoms with Crippen molar-refractivity contribution in [1.82, 2.24) is 14.5 Å². The smallest absolute Gasteiger partial charge is 0.253 e. The van der Waals surface area contributed by atoms with Gasteiger partial charge in [0.15, 0.2) is 0 Å². The number of likely N-dealkylation sites (N-methyl/N-ethyl adjacent to an activating group) is 1. The molecule has 0 aromatic heterocycles. The first-order chi connectivity index (χ1) is 18.3. The zero-order valence-corrected chi connectivity index (χ0v) is 22.4. The van der Waals surface area contributed by atoms with Crippen molar-refractivity contribution in [3.63, 3.8) is 0 Å². The Hall–Kier alpha value is -3.53. The monoisotopic (exact) mass is 534 g/mol. The van der Waals surface area contributed by atoms with Gasteiger partial charge in [-0.3, -0.25) is 9.59 Å². The number of amides is 2. The Morgan fingerprint density at radius 1 is 0.789 bits per heavy atom. The molecule has 2 N–H and O–H groups in total. The lowest BCUT2D eigenvalue weighted by molar-refractivity contribution is -0.116. The first-order valence-electron chi connectivity index (χ1n) is 12.8. The van der Waals surface area contributed by atoms with Gasteiger partial charge in [-0.15, -0.1) is 0 Å². The quantitative estimate of drug-likeness (QED) is 0.416. The van der Waals surface area contributed by atoms with Crippen LogP contribution in [0.15, 0.2) is 83.8 Å². The fraction of sp³-hybridized carbons (Fsp3) is 0.310. The predicted molar refractivity (Wildman–Crippen MR) is 149 cm³/mol. The average Bonchev–Trinajstić information content (AvgIpc) is 2.93. The van der Waals surface area contributed by atoms with Crippen LogP contribution in [-0.2, 0) is 27.7 Å². The molecular weight excluding hydrogens is 500 g/mol. The second kappa shape index (κ2) is 12.8. The van der Waals surface area contributed by atoms with Crippen molar-refractivity contribution in [1.29, 1.82) is 0 Å². The maximum Gasteiger partial charge on any atom is 0.253 e. The molecule has 38 heavy (non-hydrogen) atoms. The van der Waals surface area contributed by atoms with E-state index < -0.39 is 10.0 Å². The van der Waals surface area contributed by atoms with Crippen molar-refractivity contribution >= 4 is 27.5 Å². The van der Waals surface area contributed by atoms with Crippen LogP contribution < -0.4 is 10.0 Å². The summed E-state index contributed by atoms with van der Waals surface area (Å²) in [7, 11) is -1.55. The van der Waals surface area contributed by atoms with Crippen molar-refractivity contribution in [3.8, 4) is 0 Å². The summed E-state index contributed by atoms with van der Waals surface area (Å²) < 4.78 is 27.8. The van der Waals surface area contributed by atoms with E-state index in [4.69, 9.17) is 0 Å². The Morgan fingerprint density at radius 3 is 2.08 bits per heavy atom. The number of nitrogens with zero attached hydrogens (tertiary/aromatic N) is 2. The molecule has 0 unspecified atom stereocenters. The third-order valence-corrected chi connectivity index (χ3v) is 8.11. The van der Waals surface area contributed by atoms with Crippen LogP contribution >= 0.6 is 0 Å². The highest BCUT2D eigenvalue weighted by Crippen LogP contribution is 2.15. The van der Waals surface area contributed by atoms with Crippen LogP contribution in [0.5, 0.6) is 0 Å². The van der Waals surface area contributed by atoms with E-state index >= 15 is 0 Å². The molecule has 0 atom stereocenters. The summed E-state index contributed by atoms with van der Waals surface area (Å²) in [5, 5.41) is 2.86. The average molecular weight is 535 g/mol. The minimum absolute atomic E-state index is 0.00725. The molecule has 0 aliphatic carbocycles. The third-order valence-electron chi connectivity index (χ3n) is 6.63. The van der Waals surface area contributed by atoms with Gasteiger partial charge in [0.05, 0.1) is 4.90 Å². The molecule has 1 aliphatic heterocycles. The highest BCUT2D eigenvalue weighted by atomic mass is 32.2. The summed E-state index contributed by atoms with van der Waals surface area (Å²) in [6.45, 7) is 3.48. The standard InChI is InChI=1S/C29H34N4O4S/c1-32-19-21-33(22-20-32)29(35)25-10-12-26(13-11-25)31-28(34)16-9-24-7-14-27(15-8-24)38(36,37)30-18-17-23-5-3-2-4-6-23/h2-8,10-15,30H,9,16-22H2,1H3,(H,31,34). The summed E-state index contributed by atoms with van der Waals surface area (Å²) in [6, 6.07) is 23.3. The number of piperazine rings is 1. The Labute approximate surface area is 224 Å². The number of rotatable bonds is 10. The number of benzene rings is 3. The molecule has 200 valence electrons. The van der Waals surface area contributed by atoms with E-state index in [0.717, 1.165) is 24.2 Å². The molecule has 9 heteroatoms. The lowest BCUT2D eigenvalue weighted by atomic mass is 10.1. The molecule has 3 aromatic carbocycles. The normalized spacial score (nSPS) is 14.3. The van der Waals surface area contributed by atoms with E-state index in [-0.39, 0.29) is 23.1 Å². The molecule has 0 radical (unpaired) electrons. The van der Waals surface area contributed by atoms with E-state index in [1.54, 1.807) is 48.5 Å². The van der Waals surface area contributed by atoms with E-state index in [2.05, 4.69) is 14.9 Å². The van der Waals surface area contributed by atoms with Gasteiger partial charge in [-0.05, 0) is 67.4 Å². The Kier molecular flexibility index (Phi) is 9.28. The maximum atomic E-state index is 12.7. The summed E-state index contributed by atoms with van der Waals surface area (Å²) >= 11 is 0. The molecule has 0 spiro atoms. The molecule has 1 saturated heterocycles. The molecule has 8 nitrogen and oxygen atoms in total. The highest BCUT2D eigenvalue weighted by Gasteiger charge is 2.20. The van der Waals surface area contributed by atoms with Crippen molar-refractivity contribution < 1.29 is 18.0 Å². The molecular formula is C29H34N4O4S. The number of sulfonamides is 1. The number of hydrogen-bond donors (Lipinski definition) is 2. The van der Waals surface area contributed by atoms with Gasteiger partial charge in [0.25, 0.3) is 5.91 Å². The van der Waals surface area contributed by atoms with Gasteiger partial charge in [-0.2, -0.15) is 0 Å².